The Hall–Kier alpha value is -12.2. The van der Waals surface area contributed by atoms with Crippen molar-refractivity contribution in [2.75, 3.05) is 78.9 Å². The van der Waals surface area contributed by atoms with Crippen LogP contribution in [0, 0.1) is 11.8 Å². The van der Waals surface area contributed by atoms with E-state index in [1.54, 1.807) is 27.7 Å². The molecule has 4 aliphatic heterocycles. The normalized spacial score (nSPS) is 24.7. The number of rotatable bonds is 44. The molecule has 0 aliphatic carbocycles. The van der Waals surface area contributed by atoms with Gasteiger partial charge in [-0.25, -0.2) is 19.3 Å². The molecule has 0 aromatic heterocycles. The molecule has 0 saturated carbocycles. The number of ether oxygens (including phenoxy) is 13. The van der Waals surface area contributed by atoms with Crippen molar-refractivity contribution in [3.05, 3.63) is 24.3 Å². The van der Waals surface area contributed by atoms with Crippen LogP contribution >= 0.6 is 0 Å². The molecule has 0 bridgehead atoms. The van der Waals surface area contributed by atoms with Crippen LogP contribution in [-0.4, -0.2) is 323 Å². The monoisotopic (exact) mass is 1950 g/mol. The summed E-state index contributed by atoms with van der Waals surface area (Å²) >= 11 is 0. The van der Waals surface area contributed by atoms with Crippen molar-refractivity contribution in [2.45, 2.75) is 316 Å². The van der Waals surface area contributed by atoms with E-state index < -0.39 is 273 Å². The second kappa shape index (κ2) is 60.4. The van der Waals surface area contributed by atoms with Gasteiger partial charge in [0.15, 0.2) is 37.0 Å². The summed E-state index contributed by atoms with van der Waals surface area (Å²) in [7, 11) is 0. The van der Waals surface area contributed by atoms with Crippen LogP contribution in [-0.2, 0) is 148 Å². The Kier molecular flexibility index (Phi) is 51.6. The lowest BCUT2D eigenvalue weighted by Gasteiger charge is -2.44. The number of esters is 6. The van der Waals surface area contributed by atoms with Crippen LogP contribution in [0.5, 0.6) is 0 Å². The van der Waals surface area contributed by atoms with Gasteiger partial charge in [0.2, 0.25) is 65.0 Å². The van der Waals surface area contributed by atoms with Crippen molar-refractivity contribution in [3.8, 4) is 0 Å². The summed E-state index contributed by atoms with van der Waals surface area (Å²) in [5, 5.41) is 28.8. The van der Waals surface area contributed by atoms with Gasteiger partial charge < -0.3 is 136 Å². The molecule has 4 aliphatic rings. The number of amides is 15. The van der Waals surface area contributed by atoms with Gasteiger partial charge in [-0.3, -0.25) is 86.3 Å². The molecular formula is C88H139N15O34. The third-order valence-corrected chi connectivity index (χ3v) is 21.2. The summed E-state index contributed by atoms with van der Waals surface area (Å²) in [6.45, 7) is 16.5. The highest BCUT2D eigenvalue weighted by Crippen LogP contribution is 2.32. The fraction of sp³-hybridized carbons (Fsp3) is 0.716. The number of hydrogen-bond acceptors (Lipinski definition) is 35. The van der Waals surface area contributed by atoms with E-state index in [1.165, 1.54) is 50.0 Å². The predicted octanol–water partition coefficient (Wildman–Crippen LogP) is -1.09. The maximum absolute atomic E-state index is 15.7. The number of carbonyl (C=O) groups excluding carboxylic acids is 21. The highest BCUT2D eigenvalue weighted by Gasteiger charge is 2.54. The van der Waals surface area contributed by atoms with Crippen molar-refractivity contribution in [2.24, 2.45) is 23.3 Å². The number of unbranched alkanes of at least 4 members (excludes halogenated alkanes) is 3. The second-order valence-corrected chi connectivity index (χ2v) is 34.4. The average Bonchev–Trinajstić information content (AvgIpc) is 0.971. The van der Waals surface area contributed by atoms with E-state index in [4.69, 9.17) is 73.0 Å². The Balaban J connectivity index is 1.75. The zero-order valence-electron chi connectivity index (χ0n) is 80.5. The number of imide groups is 1. The van der Waals surface area contributed by atoms with Gasteiger partial charge in [-0.05, 0) is 135 Å². The lowest BCUT2D eigenvalue weighted by Crippen LogP contribution is -2.66. The Morgan fingerprint density at radius 1 is 0.504 bits per heavy atom. The van der Waals surface area contributed by atoms with E-state index in [9.17, 15) is 76.7 Å². The maximum Gasteiger partial charge on any atom is 0.417 e. The van der Waals surface area contributed by atoms with Gasteiger partial charge in [-0.2, -0.15) is 0 Å². The zero-order valence-corrected chi connectivity index (χ0v) is 80.5. The van der Waals surface area contributed by atoms with Crippen LogP contribution in [0.1, 0.15) is 207 Å². The fourth-order valence-electron chi connectivity index (χ4n) is 14.8. The molecule has 0 spiro atoms. The Labute approximate surface area is 794 Å². The van der Waals surface area contributed by atoms with Crippen LogP contribution in [0.4, 0.5) is 14.4 Å². The van der Waals surface area contributed by atoms with Crippen molar-refractivity contribution in [3.63, 3.8) is 0 Å². The highest BCUT2D eigenvalue weighted by molar-refractivity contribution is 6.04. The molecule has 0 aromatic carbocycles. The third kappa shape index (κ3) is 43.3. The highest BCUT2D eigenvalue weighted by atomic mass is 16.7. The first-order chi connectivity index (χ1) is 64.6. The number of nitrogens with zero attached hydrogens (tertiary/aromatic N) is 2. The molecule has 15 amide bonds. The van der Waals surface area contributed by atoms with Crippen LogP contribution in [0.25, 0.3) is 0 Å². The molecule has 0 aromatic rings. The minimum Gasteiger partial charge on any atom is -0.463 e. The van der Waals surface area contributed by atoms with Gasteiger partial charge in [0.25, 0.3) is 5.91 Å². The molecule has 4 saturated heterocycles. The predicted molar refractivity (Wildman–Crippen MR) is 477 cm³/mol. The molecule has 49 heteroatoms. The van der Waals surface area contributed by atoms with Gasteiger partial charge in [0, 0.05) is 94.4 Å². The summed E-state index contributed by atoms with van der Waals surface area (Å²) in [4.78, 5) is 287. The summed E-state index contributed by atoms with van der Waals surface area (Å²) < 4.78 is 72.5. The molecule has 0 unspecified atom stereocenters. The second-order valence-electron chi connectivity index (χ2n) is 34.4. The number of carbonyl (C=O) groups is 21. The van der Waals surface area contributed by atoms with E-state index in [1.807, 2.05) is 0 Å². The van der Waals surface area contributed by atoms with Crippen LogP contribution < -0.4 is 70.0 Å². The Bertz CT molecular complexity index is 4180. The number of nitrogens with one attached hydrogen (secondary N) is 11. The molecular weight excluding hydrogens is 1810 g/mol. The van der Waals surface area contributed by atoms with E-state index in [-0.39, 0.29) is 155 Å². The standard InChI is InChI=1S/C88H139N15O34/c1-16-49(4)69-80(119)98-58(28-18-21-36-92-85(122)127-42-25-23-40-125-83-70(95-50(5)104)74(133-56(11)110)72(131-54(9)108)64(135-83)46-129-52(7)106)76(115)99-59(29-19-22-37-93-86(123)128-43-26-24-41-126-84-71(96-51(6)105)75(134-57(12)111)73(132-55(10)109)65(136-84)47-130-53(8)107)81(120)102-39-27-31-62(102)78(117)94-45-68(114)97-61(44-48(2)3)77(116)100-60(32-33-67(113)91-38-34-66(90)112)82(121)103(87(124)137-88(13,14)15)63(79(118)101-69)30-17-20-35-89/h23-26,48-49,58-65,69-75,83-84H,16-22,27-47,89H2,1-15H3,(H2,90,112)(H,91,113)(H,92,122)(H,93,123)(H,94,117)(H,95,104)(H,96,105)(H,97,114)(H,98,119)(H,99,115)(H,100,116)(H,101,118)/b25-23-,26-24-/t49-,58-,59+,60-,61-,62-,63-,64+,65+,69-,70+,71+,72+,73+,74+,75+,83+,84+/m0/s1. The minimum atomic E-state index is -1.91. The average molecular weight is 1950 g/mol. The van der Waals surface area contributed by atoms with Crippen LogP contribution in [0.2, 0.25) is 0 Å². The first-order valence-electron chi connectivity index (χ1n) is 45.7. The number of nitrogens with two attached hydrogens (primary N) is 2. The molecule has 137 heavy (non-hydrogen) atoms. The zero-order chi connectivity index (χ0) is 102. The van der Waals surface area contributed by atoms with E-state index in [0.29, 0.717) is 4.90 Å². The van der Waals surface area contributed by atoms with Crippen molar-refractivity contribution in [1.82, 2.24) is 68.3 Å². The Morgan fingerprint density at radius 2 is 0.971 bits per heavy atom. The number of alkyl carbamates (subject to hydrolysis) is 2. The van der Waals surface area contributed by atoms with Crippen LogP contribution in [0.3, 0.4) is 0 Å². The topological polar surface area (TPSA) is 669 Å². The molecule has 15 N–H and O–H groups in total. The van der Waals surface area contributed by atoms with Crippen LogP contribution in [0.15, 0.2) is 24.3 Å². The van der Waals surface area contributed by atoms with Gasteiger partial charge in [0.05, 0.1) is 19.8 Å². The summed E-state index contributed by atoms with van der Waals surface area (Å²) in [6, 6.07) is -13.9. The number of hydrogen-bond donors (Lipinski definition) is 13. The fourth-order valence-corrected chi connectivity index (χ4v) is 14.8. The molecule has 4 fully saturated rings. The van der Waals surface area contributed by atoms with Gasteiger partial charge in [-0.15, -0.1) is 0 Å². The maximum atomic E-state index is 15.7. The number of primary amides is 1. The SMILES string of the molecule is CC[C@H](C)[C@@H]1NC(=O)[C@H](CCCCN)N(C(=O)OC(C)(C)C)C(=O)[C@H](CCC(=O)NCCC(N)=O)NC(=O)[C@H](CC(C)C)NC(=O)CNC(=O)[C@@H]2CCCN2C(=O)[C@@H](CCCCNC(=O)OC/C=C\CO[C@@H]2O[C@H](COC(C)=O)[C@@H](OC(C)=O)[C@H](OC(C)=O)[C@H]2NC(C)=O)NC(=O)[C@H](CCCCNC(=O)OC/C=C\CO[C@@H]2O[C@H](COC(C)=O)[C@@H](OC(C)=O)[C@H](OC(C)=O)[C@H]2NC(C)=O)NC1=O. The lowest BCUT2D eigenvalue weighted by molar-refractivity contribution is -0.275. The summed E-state index contributed by atoms with van der Waals surface area (Å²) in [6.07, 6.45) is -10.1. The number of fused-ring (bicyclic) bond motifs is 1. The van der Waals surface area contributed by atoms with E-state index >= 15 is 24.0 Å². The van der Waals surface area contributed by atoms with Gasteiger partial charge in [0.1, 0.15) is 98.6 Å². The summed E-state index contributed by atoms with van der Waals surface area (Å²) in [5.41, 5.74) is 9.89. The van der Waals surface area contributed by atoms with E-state index in [0.717, 1.165) is 55.4 Å². The Morgan fingerprint density at radius 3 is 1.43 bits per heavy atom. The smallest absolute Gasteiger partial charge is 0.417 e. The first kappa shape index (κ1) is 117. The lowest BCUT2D eigenvalue weighted by atomic mass is 9.96. The molecule has 0 radical (unpaired) electrons. The molecule has 770 valence electrons. The molecule has 18 atom stereocenters. The van der Waals surface area contributed by atoms with Crippen molar-refractivity contribution >= 4 is 125 Å². The van der Waals surface area contributed by atoms with Gasteiger partial charge in [-0.1, -0.05) is 46.3 Å². The first-order valence-corrected chi connectivity index (χ1v) is 45.7. The quantitative estimate of drug-likeness (QED) is 0.0149. The van der Waals surface area contributed by atoms with Crippen molar-refractivity contribution < 1.29 is 162 Å². The minimum absolute atomic E-state index is 0.00398. The molecule has 4 heterocycles. The van der Waals surface area contributed by atoms with Crippen molar-refractivity contribution in [1.29, 1.82) is 0 Å². The third-order valence-electron chi connectivity index (χ3n) is 21.2. The largest absolute Gasteiger partial charge is 0.463 e. The summed E-state index contributed by atoms with van der Waals surface area (Å²) in [5.74, 6) is -16.7. The molecule has 4 rings (SSSR count). The van der Waals surface area contributed by atoms with Gasteiger partial charge >= 0.3 is 54.1 Å². The van der Waals surface area contributed by atoms with E-state index in [2.05, 4.69) is 58.5 Å². The molecule has 49 nitrogen and oxygen atoms in total.